The maximum atomic E-state index is 13.1. The molecule has 0 aliphatic heterocycles. The molecule has 0 unspecified atom stereocenters. The fourth-order valence-electron chi connectivity index (χ4n) is 3.40. The SMILES string of the molecule is CC(=O)[C@H](C)n1c(=O)c2c(nc3n(-c4ccccc4)c(C)cn23)n(C)c1=O. The summed E-state index contributed by atoms with van der Waals surface area (Å²) in [6.45, 7) is 4.84. The predicted molar refractivity (Wildman–Crippen MR) is 102 cm³/mol. The zero-order valence-electron chi connectivity index (χ0n) is 15.5. The van der Waals surface area contributed by atoms with Crippen LogP contribution in [0.2, 0.25) is 0 Å². The first kappa shape index (κ1) is 17.0. The van der Waals surface area contributed by atoms with Gasteiger partial charge in [-0.2, -0.15) is 4.98 Å². The number of para-hydroxylation sites is 1. The van der Waals surface area contributed by atoms with Gasteiger partial charge < -0.3 is 0 Å². The topological polar surface area (TPSA) is 83.3 Å². The van der Waals surface area contributed by atoms with Crippen molar-refractivity contribution in [3.8, 4) is 5.69 Å². The van der Waals surface area contributed by atoms with Gasteiger partial charge in [0.15, 0.2) is 16.9 Å². The van der Waals surface area contributed by atoms with Crippen LogP contribution in [0.25, 0.3) is 22.6 Å². The van der Waals surface area contributed by atoms with E-state index in [1.807, 2.05) is 48.0 Å². The van der Waals surface area contributed by atoms with Crippen LogP contribution in [-0.2, 0) is 11.8 Å². The molecule has 3 aromatic heterocycles. The number of carbonyl (C=O) groups excluding carboxylic acids is 1. The van der Waals surface area contributed by atoms with E-state index >= 15 is 0 Å². The number of benzene rings is 1. The Labute approximate surface area is 153 Å². The maximum absolute atomic E-state index is 13.1. The highest BCUT2D eigenvalue weighted by Gasteiger charge is 2.24. The average Bonchev–Trinajstić information content (AvgIpc) is 3.15. The van der Waals surface area contributed by atoms with Crippen LogP contribution in [0.5, 0.6) is 0 Å². The molecule has 0 N–H and O–H groups in total. The van der Waals surface area contributed by atoms with E-state index < -0.39 is 17.3 Å². The standard InChI is InChI=1S/C19H19N5O3/c1-11-10-22-15-16(20-18(22)23(11)14-8-6-5-7-9-14)21(4)19(27)24(17(15)26)12(2)13(3)25/h5-10,12H,1-4H3/t12-/m0/s1. The highest BCUT2D eigenvalue weighted by molar-refractivity contribution is 5.81. The molecule has 27 heavy (non-hydrogen) atoms. The maximum Gasteiger partial charge on any atom is 0.333 e. The second-order valence-electron chi connectivity index (χ2n) is 6.70. The summed E-state index contributed by atoms with van der Waals surface area (Å²) in [5.41, 5.74) is 1.29. The van der Waals surface area contributed by atoms with E-state index in [9.17, 15) is 14.4 Å². The number of carbonyl (C=O) groups is 1. The van der Waals surface area contributed by atoms with Crippen molar-refractivity contribution in [2.24, 2.45) is 7.05 Å². The average molecular weight is 365 g/mol. The van der Waals surface area contributed by atoms with E-state index in [0.717, 1.165) is 15.9 Å². The lowest BCUT2D eigenvalue weighted by Gasteiger charge is -2.12. The van der Waals surface area contributed by atoms with Gasteiger partial charge in [-0.3, -0.25) is 23.1 Å². The molecule has 4 aromatic rings. The van der Waals surface area contributed by atoms with Crippen LogP contribution in [0.3, 0.4) is 0 Å². The van der Waals surface area contributed by atoms with Gasteiger partial charge in [0.1, 0.15) is 0 Å². The monoisotopic (exact) mass is 365 g/mol. The number of rotatable bonds is 3. The van der Waals surface area contributed by atoms with Crippen LogP contribution in [-0.4, -0.2) is 28.9 Å². The van der Waals surface area contributed by atoms with Gasteiger partial charge in [-0.15, -0.1) is 0 Å². The van der Waals surface area contributed by atoms with Gasteiger partial charge in [0, 0.05) is 24.6 Å². The summed E-state index contributed by atoms with van der Waals surface area (Å²) >= 11 is 0. The summed E-state index contributed by atoms with van der Waals surface area (Å²) in [5, 5.41) is 0. The Kier molecular flexibility index (Phi) is 3.66. The molecule has 0 amide bonds. The van der Waals surface area contributed by atoms with Gasteiger partial charge in [0.2, 0.25) is 5.78 Å². The molecule has 1 atom stereocenters. The predicted octanol–water partition coefficient (Wildman–Crippen LogP) is 1.60. The number of hydrogen-bond acceptors (Lipinski definition) is 4. The third-order valence-electron chi connectivity index (χ3n) is 4.96. The smallest absolute Gasteiger partial charge is 0.298 e. The minimum atomic E-state index is -0.844. The fraction of sp³-hybridized carbons (Fsp3) is 0.263. The van der Waals surface area contributed by atoms with E-state index in [-0.39, 0.29) is 16.9 Å². The number of aromatic nitrogens is 5. The minimum absolute atomic E-state index is 0.257. The molecular formula is C19H19N5O3. The summed E-state index contributed by atoms with van der Waals surface area (Å²) in [7, 11) is 1.56. The molecule has 0 saturated carbocycles. The second-order valence-corrected chi connectivity index (χ2v) is 6.70. The fourth-order valence-corrected chi connectivity index (χ4v) is 3.40. The van der Waals surface area contributed by atoms with Crippen LogP contribution >= 0.6 is 0 Å². The number of fused-ring (bicyclic) bond motifs is 3. The number of ketones is 1. The zero-order chi connectivity index (χ0) is 19.5. The lowest BCUT2D eigenvalue weighted by Crippen LogP contribution is -2.42. The molecule has 8 heteroatoms. The van der Waals surface area contributed by atoms with Crippen LogP contribution < -0.4 is 11.2 Å². The normalized spacial score (nSPS) is 12.7. The third-order valence-corrected chi connectivity index (χ3v) is 4.96. The van der Waals surface area contributed by atoms with Crippen LogP contribution in [0.4, 0.5) is 0 Å². The lowest BCUT2D eigenvalue weighted by molar-refractivity contribution is -0.119. The van der Waals surface area contributed by atoms with Gasteiger partial charge in [0.05, 0.1) is 6.04 Å². The van der Waals surface area contributed by atoms with E-state index in [4.69, 9.17) is 0 Å². The third kappa shape index (κ3) is 2.29. The first-order valence-electron chi connectivity index (χ1n) is 8.60. The number of hydrogen-bond donors (Lipinski definition) is 0. The van der Waals surface area contributed by atoms with Gasteiger partial charge >= 0.3 is 5.69 Å². The second kappa shape index (κ2) is 5.80. The Balaban J connectivity index is 2.17. The van der Waals surface area contributed by atoms with Crippen LogP contribution in [0, 0.1) is 6.92 Å². The van der Waals surface area contributed by atoms with Gasteiger partial charge in [0.25, 0.3) is 5.56 Å². The summed E-state index contributed by atoms with van der Waals surface area (Å²) in [6.07, 6.45) is 1.81. The van der Waals surface area contributed by atoms with Crippen molar-refractivity contribution in [3.63, 3.8) is 0 Å². The first-order valence-corrected chi connectivity index (χ1v) is 8.60. The molecule has 0 fully saturated rings. The first-order chi connectivity index (χ1) is 12.8. The molecule has 1 aromatic carbocycles. The summed E-state index contributed by atoms with van der Waals surface area (Å²) in [4.78, 5) is 42.2. The van der Waals surface area contributed by atoms with Crippen molar-refractivity contribution in [1.82, 2.24) is 23.1 Å². The van der Waals surface area contributed by atoms with Crippen LogP contribution in [0.15, 0.2) is 46.1 Å². The van der Waals surface area contributed by atoms with Crippen molar-refractivity contribution in [2.75, 3.05) is 0 Å². The van der Waals surface area contributed by atoms with E-state index in [2.05, 4.69) is 4.98 Å². The summed E-state index contributed by atoms with van der Waals surface area (Å²) < 4.78 is 5.91. The van der Waals surface area contributed by atoms with Gasteiger partial charge in [-0.05, 0) is 32.9 Å². The Hall–Kier alpha value is -3.42. The van der Waals surface area contributed by atoms with Crippen molar-refractivity contribution in [3.05, 3.63) is 63.1 Å². The molecule has 0 spiro atoms. The molecule has 138 valence electrons. The van der Waals surface area contributed by atoms with E-state index in [1.54, 1.807) is 18.4 Å². The molecule has 0 saturated heterocycles. The Morgan fingerprint density at radius 2 is 1.81 bits per heavy atom. The highest BCUT2D eigenvalue weighted by Crippen LogP contribution is 2.21. The number of Topliss-reactive ketones (excluding diaryl/α,β-unsaturated/α-hetero) is 1. The largest absolute Gasteiger partial charge is 0.333 e. The molecule has 0 bridgehead atoms. The van der Waals surface area contributed by atoms with Crippen molar-refractivity contribution < 1.29 is 4.79 Å². The van der Waals surface area contributed by atoms with Crippen molar-refractivity contribution >= 4 is 22.7 Å². The van der Waals surface area contributed by atoms with Crippen LogP contribution in [0.1, 0.15) is 25.6 Å². The molecular weight excluding hydrogens is 346 g/mol. The molecule has 0 aliphatic rings. The minimum Gasteiger partial charge on any atom is -0.298 e. The van der Waals surface area contributed by atoms with Crippen molar-refractivity contribution in [2.45, 2.75) is 26.8 Å². The highest BCUT2D eigenvalue weighted by atomic mass is 16.2. The number of nitrogens with zero attached hydrogens (tertiary/aromatic N) is 5. The zero-order valence-corrected chi connectivity index (χ0v) is 15.5. The Morgan fingerprint density at radius 3 is 2.44 bits per heavy atom. The van der Waals surface area contributed by atoms with E-state index in [1.165, 1.54) is 11.5 Å². The molecule has 3 heterocycles. The van der Waals surface area contributed by atoms with Crippen molar-refractivity contribution in [1.29, 1.82) is 0 Å². The van der Waals surface area contributed by atoms with Gasteiger partial charge in [-0.25, -0.2) is 9.36 Å². The molecule has 0 radical (unpaired) electrons. The quantitative estimate of drug-likeness (QED) is 0.552. The molecule has 8 nitrogen and oxygen atoms in total. The number of aryl methyl sites for hydroxylation is 2. The summed E-state index contributed by atoms with van der Waals surface area (Å²) in [6, 6.07) is 8.82. The Morgan fingerprint density at radius 1 is 1.15 bits per heavy atom. The van der Waals surface area contributed by atoms with Gasteiger partial charge in [-0.1, -0.05) is 18.2 Å². The molecule has 4 rings (SSSR count). The van der Waals surface area contributed by atoms with E-state index in [0.29, 0.717) is 5.78 Å². The lowest BCUT2D eigenvalue weighted by atomic mass is 10.2. The Bertz CT molecular complexity index is 1320. The molecule has 0 aliphatic carbocycles. The summed E-state index contributed by atoms with van der Waals surface area (Å²) in [5.74, 6) is 0.279. The number of imidazole rings is 2.